The van der Waals surface area contributed by atoms with Gasteiger partial charge in [0.05, 0.1) is 0 Å². The third kappa shape index (κ3) is 3.34. The van der Waals surface area contributed by atoms with Crippen LogP contribution in [0.25, 0.3) is 0 Å². The molecule has 0 aliphatic carbocycles. The monoisotopic (exact) mass is 427 g/mol. The summed E-state index contributed by atoms with van der Waals surface area (Å²) in [4.78, 5) is 0. The standard InChI is InChI=1S/C9H27N5P2Se2/c1-10(2)15(17,11(3)4)14(9)16(18,12(5)6)13(7)8/h1-9H3. The summed E-state index contributed by atoms with van der Waals surface area (Å²) in [6, 6.07) is -3.25. The Balaban J connectivity index is 6.18. The maximum atomic E-state index is 3.45. The van der Waals surface area contributed by atoms with Crippen molar-refractivity contribution in [3.05, 3.63) is 0 Å². The van der Waals surface area contributed by atoms with E-state index in [1.165, 1.54) is 0 Å². The Kier molecular flexibility index (Phi) is 7.42. The molecule has 0 rings (SSSR count). The minimum atomic E-state index is -1.62. The van der Waals surface area contributed by atoms with Crippen molar-refractivity contribution in [2.75, 3.05) is 63.4 Å². The van der Waals surface area contributed by atoms with E-state index in [9.17, 15) is 0 Å². The molecule has 0 heterocycles. The van der Waals surface area contributed by atoms with Crippen molar-refractivity contribution in [1.29, 1.82) is 0 Å². The third-order valence-electron chi connectivity index (χ3n) is 2.84. The van der Waals surface area contributed by atoms with Crippen molar-refractivity contribution in [2.24, 2.45) is 0 Å². The Labute approximate surface area is 129 Å². The summed E-state index contributed by atoms with van der Waals surface area (Å²) in [5.74, 6) is 0. The topological polar surface area (TPSA) is 15.7 Å². The molecule has 0 amide bonds. The zero-order valence-electron chi connectivity index (χ0n) is 12.9. The molecule has 0 saturated carbocycles. The fraction of sp³-hybridized carbons (Fsp3) is 1.00. The van der Waals surface area contributed by atoms with Crippen LogP contribution in [-0.4, -0.2) is 117 Å². The normalized spacial score (nSPS) is 19.0. The van der Waals surface area contributed by atoms with Gasteiger partial charge in [-0.2, -0.15) is 0 Å². The van der Waals surface area contributed by atoms with Gasteiger partial charge in [-0.3, -0.25) is 0 Å². The fourth-order valence-electron chi connectivity index (χ4n) is 1.90. The molecule has 0 aromatic rings. The van der Waals surface area contributed by atoms with E-state index in [1.807, 2.05) is 0 Å². The quantitative estimate of drug-likeness (QED) is 0.490. The number of hydrogen-bond acceptors (Lipinski definition) is 0. The van der Waals surface area contributed by atoms with Gasteiger partial charge in [-0.1, -0.05) is 0 Å². The van der Waals surface area contributed by atoms with Crippen LogP contribution >= 0.6 is 12.1 Å². The van der Waals surface area contributed by atoms with Crippen LogP contribution in [-0.2, 0) is 0 Å². The Morgan fingerprint density at radius 3 is 1.00 bits per heavy atom. The Bertz CT molecular complexity index is 373. The van der Waals surface area contributed by atoms with Crippen LogP contribution in [0.4, 0.5) is 0 Å². The molecule has 0 aliphatic heterocycles. The van der Waals surface area contributed by atoms with E-state index in [2.05, 4.69) is 117 Å². The van der Waals surface area contributed by atoms with E-state index in [0.29, 0.717) is 0 Å². The number of hydrogen-bond donors (Lipinski definition) is 0. The predicted octanol–water partition coefficient (Wildman–Crippen LogP) is 0.815. The Hall–Kier alpha value is 1.38. The van der Waals surface area contributed by atoms with Crippen molar-refractivity contribution in [3.8, 4) is 0 Å². The Morgan fingerprint density at radius 1 is 0.667 bits per heavy atom. The number of rotatable bonds is 4. The van der Waals surface area contributed by atoms with E-state index in [-0.39, 0.29) is 0 Å². The van der Waals surface area contributed by atoms with E-state index in [0.717, 1.165) is 0 Å². The summed E-state index contributed by atoms with van der Waals surface area (Å²) < 4.78 is 11.7. The summed E-state index contributed by atoms with van der Waals surface area (Å²) in [5.41, 5.74) is 0. The molecule has 9 heteroatoms. The molecule has 18 heavy (non-hydrogen) atoms. The first-order valence-electron chi connectivity index (χ1n) is 5.59. The molecule has 0 aromatic carbocycles. The van der Waals surface area contributed by atoms with Gasteiger partial charge in [-0.25, -0.2) is 0 Å². The van der Waals surface area contributed by atoms with Crippen LogP contribution in [0, 0.1) is 0 Å². The molecule has 0 bridgehead atoms. The van der Waals surface area contributed by atoms with E-state index in [4.69, 9.17) is 0 Å². The summed E-state index contributed by atoms with van der Waals surface area (Å²) in [7, 11) is 19.3. The number of nitrogens with zero attached hydrogens (tertiary/aromatic N) is 5. The van der Waals surface area contributed by atoms with Crippen LogP contribution in [0.3, 0.4) is 0 Å². The van der Waals surface area contributed by atoms with Gasteiger partial charge < -0.3 is 0 Å². The first kappa shape index (κ1) is 19.4. The van der Waals surface area contributed by atoms with Crippen molar-refractivity contribution in [1.82, 2.24) is 13.8 Å². The summed E-state index contributed by atoms with van der Waals surface area (Å²) >= 11 is 6.90. The Morgan fingerprint density at radius 2 is 0.889 bits per heavy atom. The van der Waals surface area contributed by atoms with E-state index in [1.54, 1.807) is 0 Å². The second kappa shape index (κ2) is 6.89. The van der Waals surface area contributed by atoms with Crippen molar-refractivity contribution in [2.45, 2.75) is 0 Å². The maximum absolute atomic E-state index is 3.45. The predicted molar refractivity (Wildman–Crippen MR) is 84.7 cm³/mol. The summed E-state index contributed by atoms with van der Waals surface area (Å²) in [6.45, 7) is 0. The fourth-order valence-corrected chi connectivity index (χ4v) is 14.5. The summed E-state index contributed by atoms with van der Waals surface area (Å²) in [5, 5.41) is 0. The first-order chi connectivity index (χ1) is 7.93. The average molecular weight is 425 g/mol. The van der Waals surface area contributed by atoms with E-state index >= 15 is 0 Å². The van der Waals surface area contributed by atoms with E-state index < -0.39 is 12.1 Å². The van der Waals surface area contributed by atoms with Crippen LogP contribution in [0.1, 0.15) is 0 Å². The first-order valence-corrected chi connectivity index (χ1v) is 13.3. The van der Waals surface area contributed by atoms with Gasteiger partial charge in [0.15, 0.2) is 0 Å². The molecule has 0 spiro atoms. The van der Waals surface area contributed by atoms with Gasteiger partial charge >= 0.3 is 129 Å². The molecule has 0 saturated heterocycles. The van der Waals surface area contributed by atoms with Gasteiger partial charge in [0.25, 0.3) is 0 Å². The molecular formula is C9H27N5P2Se2. The van der Waals surface area contributed by atoms with Gasteiger partial charge in [-0.15, -0.1) is 0 Å². The second-order valence-electron chi connectivity index (χ2n) is 4.90. The second-order valence-corrected chi connectivity index (χ2v) is 17.8. The van der Waals surface area contributed by atoms with Gasteiger partial charge in [-0.05, 0) is 0 Å². The van der Waals surface area contributed by atoms with Crippen molar-refractivity contribution in [3.63, 3.8) is 0 Å². The van der Waals surface area contributed by atoms with Crippen LogP contribution < -0.4 is 0 Å². The van der Waals surface area contributed by atoms with Crippen molar-refractivity contribution >= 4 is 43.2 Å². The van der Waals surface area contributed by atoms with Crippen LogP contribution in [0.2, 0.25) is 0 Å². The molecule has 5 nitrogen and oxygen atoms in total. The zero-order chi connectivity index (χ0) is 14.9. The molecular weight excluding hydrogens is 398 g/mol. The summed E-state index contributed by atoms with van der Waals surface area (Å²) in [6.07, 6.45) is 0. The third-order valence-corrected chi connectivity index (χ3v) is 22.9. The van der Waals surface area contributed by atoms with Crippen molar-refractivity contribution < 1.29 is 8.66 Å². The molecule has 0 N–H and O–H groups in total. The minimum absolute atomic E-state index is 1.62. The molecule has 110 valence electrons. The van der Waals surface area contributed by atoms with Crippen LogP contribution in [0.5, 0.6) is 0 Å². The molecule has 0 unspecified atom stereocenters. The molecule has 2 atom stereocenters. The average Bonchev–Trinajstić information content (AvgIpc) is 2.24. The van der Waals surface area contributed by atoms with Gasteiger partial charge in [0, 0.05) is 0 Å². The molecule has 0 aliphatic rings. The van der Waals surface area contributed by atoms with Crippen LogP contribution in [0.15, 0.2) is 0 Å². The zero-order valence-corrected chi connectivity index (χ0v) is 18.2. The van der Waals surface area contributed by atoms with Gasteiger partial charge in [0.1, 0.15) is 0 Å². The molecule has 0 fully saturated rings. The molecule has 0 radical (unpaired) electrons. The SMILES string of the molecule is CN(C)[P@@]([Se-])(N(C)[P@@]([Se-])(N(C)C)=[N+](C)C)=[N+](C)C. The molecule has 0 aromatic heterocycles. The van der Waals surface area contributed by atoms with Gasteiger partial charge in [0.2, 0.25) is 0 Å².